The van der Waals surface area contributed by atoms with Crippen LogP contribution in [-0.2, 0) is 10.5 Å². The first-order chi connectivity index (χ1) is 12.5. The van der Waals surface area contributed by atoms with Gasteiger partial charge in [-0.15, -0.1) is 0 Å². The predicted octanol–water partition coefficient (Wildman–Crippen LogP) is 2.66. The van der Waals surface area contributed by atoms with Crippen molar-refractivity contribution < 1.29 is 9.59 Å². The fourth-order valence-electron chi connectivity index (χ4n) is 3.05. The van der Waals surface area contributed by atoms with Crippen LogP contribution < -0.4 is 10.6 Å². The Hall–Kier alpha value is -1.53. The van der Waals surface area contributed by atoms with Gasteiger partial charge in [-0.3, -0.25) is 14.5 Å². The molecular formula is C20H31N3O2S. The molecule has 1 aromatic rings. The van der Waals surface area contributed by atoms with Gasteiger partial charge in [-0.2, -0.15) is 11.8 Å². The Morgan fingerprint density at radius 3 is 2.42 bits per heavy atom. The van der Waals surface area contributed by atoms with Gasteiger partial charge in [0.1, 0.15) is 0 Å². The average Bonchev–Trinajstić information content (AvgIpc) is 2.61. The monoisotopic (exact) mass is 377 g/mol. The summed E-state index contributed by atoms with van der Waals surface area (Å²) in [6.45, 7) is 8.20. The first-order valence-corrected chi connectivity index (χ1v) is 10.6. The van der Waals surface area contributed by atoms with Gasteiger partial charge in [-0.1, -0.05) is 19.1 Å². The molecule has 0 aromatic heterocycles. The van der Waals surface area contributed by atoms with Gasteiger partial charge in [0.2, 0.25) is 5.91 Å². The standard InChI is InChI=1S/C20H31N3O2S/c1-4-26-14-16-5-7-17(8-6-16)20(25)22-18-9-11-23(12-10-18)13-19(24)21-15(2)3/h5-8,15,18H,4,9-14H2,1-3H3,(H,21,24)(H,22,25). The highest BCUT2D eigenvalue weighted by Gasteiger charge is 2.22. The van der Waals surface area contributed by atoms with Crippen molar-refractivity contribution in [2.75, 3.05) is 25.4 Å². The predicted molar refractivity (Wildman–Crippen MR) is 108 cm³/mol. The molecular weight excluding hydrogens is 346 g/mol. The highest BCUT2D eigenvalue weighted by molar-refractivity contribution is 7.98. The molecule has 26 heavy (non-hydrogen) atoms. The molecule has 1 fully saturated rings. The van der Waals surface area contributed by atoms with Crippen LogP contribution in [0.1, 0.15) is 49.5 Å². The number of amides is 2. The number of likely N-dealkylation sites (tertiary alicyclic amines) is 1. The molecule has 1 aliphatic heterocycles. The number of piperidine rings is 1. The lowest BCUT2D eigenvalue weighted by atomic mass is 10.0. The van der Waals surface area contributed by atoms with Gasteiger partial charge < -0.3 is 10.6 Å². The molecule has 2 N–H and O–H groups in total. The van der Waals surface area contributed by atoms with E-state index >= 15 is 0 Å². The highest BCUT2D eigenvalue weighted by atomic mass is 32.2. The second-order valence-electron chi connectivity index (χ2n) is 7.08. The molecule has 0 atom stereocenters. The summed E-state index contributed by atoms with van der Waals surface area (Å²) in [6.07, 6.45) is 1.76. The van der Waals surface area contributed by atoms with Crippen LogP contribution in [0.15, 0.2) is 24.3 Å². The van der Waals surface area contributed by atoms with E-state index in [9.17, 15) is 9.59 Å². The zero-order valence-electron chi connectivity index (χ0n) is 16.1. The summed E-state index contributed by atoms with van der Waals surface area (Å²) in [5.74, 6) is 2.15. The first-order valence-electron chi connectivity index (χ1n) is 9.47. The third-order valence-corrected chi connectivity index (χ3v) is 5.37. The van der Waals surface area contributed by atoms with E-state index in [1.54, 1.807) is 0 Å². The maximum atomic E-state index is 12.4. The van der Waals surface area contributed by atoms with Crippen LogP contribution in [0.2, 0.25) is 0 Å². The van der Waals surface area contributed by atoms with Crippen molar-refractivity contribution in [1.82, 2.24) is 15.5 Å². The summed E-state index contributed by atoms with van der Waals surface area (Å²) in [5.41, 5.74) is 1.97. The Bertz CT molecular complexity index is 581. The largest absolute Gasteiger partial charge is 0.353 e. The summed E-state index contributed by atoms with van der Waals surface area (Å²) in [5, 5.41) is 6.05. The van der Waals surface area contributed by atoms with Crippen molar-refractivity contribution in [3.8, 4) is 0 Å². The van der Waals surface area contributed by atoms with Gasteiger partial charge in [0.05, 0.1) is 6.54 Å². The fourth-order valence-corrected chi connectivity index (χ4v) is 3.68. The van der Waals surface area contributed by atoms with Crippen LogP contribution in [0.3, 0.4) is 0 Å². The number of hydrogen-bond acceptors (Lipinski definition) is 4. The van der Waals surface area contributed by atoms with Crippen molar-refractivity contribution in [2.45, 2.75) is 51.4 Å². The van der Waals surface area contributed by atoms with E-state index in [0.29, 0.717) is 12.1 Å². The zero-order valence-corrected chi connectivity index (χ0v) is 16.9. The second kappa shape index (κ2) is 10.6. The minimum absolute atomic E-state index is 0.00399. The Labute approximate surface area is 161 Å². The third-order valence-electron chi connectivity index (χ3n) is 4.43. The van der Waals surface area contributed by atoms with Crippen LogP contribution in [0.5, 0.6) is 0 Å². The molecule has 0 aliphatic carbocycles. The summed E-state index contributed by atoms with van der Waals surface area (Å²) in [6, 6.07) is 8.24. The van der Waals surface area contributed by atoms with E-state index in [1.807, 2.05) is 49.9 Å². The molecule has 0 bridgehead atoms. The normalized spacial score (nSPS) is 15.8. The summed E-state index contributed by atoms with van der Waals surface area (Å²) in [7, 11) is 0. The van der Waals surface area contributed by atoms with Crippen LogP contribution >= 0.6 is 11.8 Å². The van der Waals surface area contributed by atoms with Gasteiger partial charge in [0.15, 0.2) is 0 Å². The number of hydrogen-bond donors (Lipinski definition) is 2. The van der Waals surface area contributed by atoms with Gasteiger partial charge in [0.25, 0.3) is 5.91 Å². The molecule has 2 rings (SSSR count). The van der Waals surface area contributed by atoms with Crippen LogP contribution in [0, 0.1) is 0 Å². The molecule has 0 saturated carbocycles. The Kier molecular flexibility index (Phi) is 8.45. The fraction of sp³-hybridized carbons (Fsp3) is 0.600. The minimum Gasteiger partial charge on any atom is -0.353 e. The number of carbonyl (C=O) groups is 2. The summed E-state index contributed by atoms with van der Waals surface area (Å²) in [4.78, 5) is 26.4. The lowest BCUT2D eigenvalue weighted by Crippen LogP contribution is -2.48. The lowest BCUT2D eigenvalue weighted by Gasteiger charge is -2.32. The van der Waals surface area contributed by atoms with Crippen LogP contribution in [-0.4, -0.2) is 54.2 Å². The molecule has 0 spiro atoms. The SMILES string of the molecule is CCSCc1ccc(C(=O)NC2CCN(CC(=O)NC(C)C)CC2)cc1. The molecule has 1 aromatic carbocycles. The number of carbonyl (C=O) groups excluding carboxylic acids is 2. The first kappa shape index (κ1) is 20.8. The van der Waals surface area contributed by atoms with E-state index in [0.717, 1.165) is 37.4 Å². The average molecular weight is 378 g/mol. The van der Waals surface area contributed by atoms with Crippen molar-refractivity contribution in [1.29, 1.82) is 0 Å². The van der Waals surface area contributed by atoms with Crippen molar-refractivity contribution in [3.05, 3.63) is 35.4 Å². The molecule has 1 aliphatic rings. The minimum atomic E-state index is -0.00399. The molecule has 0 radical (unpaired) electrons. The van der Waals surface area contributed by atoms with Gasteiger partial charge in [0, 0.05) is 36.5 Å². The van der Waals surface area contributed by atoms with Gasteiger partial charge >= 0.3 is 0 Å². The topological polar surface area (TPSA) is 61.4 Å². The van der Waals surface area contributed by atoms with Gasteiger partial charge in [-0.25, -0.2) is 0 Å². The Balaban J connectivity index is 1.74. The second-order valence-corrected chi connectivity index (χ2v) is 8.35. The van der Waals surface area contributed by atoms with Crippen LogP contribution in [0.4, 0.5) is 0 Å². The van der Waals surface area contributed by atoms with Gasteiger partial charge in [-0.05, 0) is 50.1 Å². The lowest BCUT2D eigenvalue weighted by molar-refractivity contribution is -0.123. The molecule has 144 valence electrons. The number of nitrogens with one attached hydrogen (secondary N) is 2. The number of thioether (sulfide) groups is 1. The number of nitrogens with zero attached hydrogens (tertiary/aromatic N) is 1. The molecule has 5 nitrogen and oxygen atoms in total. The maximum absolute atomic E-state index is 12.4. The van der Waals surface area contributed by atoms with E-state index in [1.165, 1.54) is 5.56 Å². The smallest absolute Gasteiger partial charge is 0.251 e. The van der Waals surface area contributed by atoms with E-state index in [2.05, 4.69) is 22.5 Å². The zero-order chi connectivity index (χ0) is 18.9. The quantitative estimate of drug-likeness (QED) is 0.731. The van der Waals surface area contributed by atoms with Crippen LogP contribution in [0.25, 0.3) is 0 Å². The molecule has 1 saturated heterocycles. The number of rotatable bonds is 8. The third kappa shape index (κ3) is 7.00. The summed E-state index contributed by atoms with van der Waals surface area (Å²) >= 11 is 1.88. The van der Waals surface area contributed by atoms with E-state index < -0.39 is 0 Å². The Morgan fingerprint density at radius 1 is 1.19 bits per heavy atom. The molecule has 2 amide bonds. The Morgan fingerprint density at radius 2 is 1.85 bits per heavy atom. The molecule has 6 heteroatoms. The molecule has 1 heterocycles. The van der Waals surface area contributed by atoms with Crippen molar-refractivity contribution in [2.24, 2.45) is 0 Å². The molecule has 0 unspecified atom stereocenters. The maximum Gasteiger partial charge on any atom is 0.251 e. The van der Waals surface area contributed by atoms with E-state index in [-0.39, 0.29) is 23.9 Å². The van der Waals surface area contributed by atoms with Crippen molar-refractivity contribution in [3.63, 3.8) is 0 Å². The highest BCUT2D eigenvalue weighted by Crippen LogP contribution is 2.14. The van der Waals surface area contributed by atoms with Crippen molar-refractivity contribution >= 4 is 23.6 Å². The number of benzene rings is 1. The summed E-state index contributed by atoms with van der Waals surface area (Å²) < 4.78 is 0. The van der Waals surface area contributed by atoms with E-state index in [4.69, 9.17) is 0 Å².